The van der Waals surface area contributed by atoms with E-state index < -0.39 is 0 Å². The van der Waals surface area contributed by atoms with Crippen LogP contribution in [0.25, 0.3) is 10.9 Å². The van der Waals surface area contributed by atoms with E-state index in [-0.39, 0.29) is 0 Å². The molecule has 0 saturated carbocycles. The lowest BCUT2D eigenvalue weighted by Gasteiger charge is -2.31. The van der Waals surface area contributed by atoms with E-state index in [1.807, 2.05) is 6.20 Å². The van der Waals surface area contributed by atoms with Crippen molar-refractivity contribution in [2.24, 2.45) is 7.05 Å². The fraction of sp³-hybridized carbons (Fsp3) is 0.389. The predicted molar refractivity (Wildman–Crippen MR) is 92.3 cm³/mol. The summed E-state index contributed by atoms with van der Waals surface area (Å²) in [7, 11) is 2.14. The zero-order chi connectivity index (χ0) is 14.9. The largest absolute Gasteiger partial charge is 0.350 e. The molecule has 1 aliphatic rings. The van der Waals surface area contributed by atoms with Crippen LogP contribution in [0.1, 0.15) is 29.3 Å². The molecule has 0 N–H and O–H groups in total. The molecule has 1 atom stereocenters. The second-order valence-corrected chi connectivity index (χ2v) is 7.15. The molecule has 4 heteroatoms. The van der Waals surface area contributed by atoms with E-state index in [1.165, 1.54) is 40.9 Å². The Bertz CT molecular complexity index is 760. The van der Waals surface area contributed by atoms with Crippen molar-refractivity contribution in [3.63, 3.8) is 0 Å². The van der Waals surface area contributed by atoms with E-state index in [2.05, 4.69) is 57.3 Å². The first-order valence-electron chi connectivity index (χ1n) is 7.96. The quantitative estimate of drug-likeness (QED) is 0.728. The number of piperidine rings is 1. The highest BCUT2D eigenvalue weighted by atomic mass is 32.1. The van der Waals surface area contributed by atoms with Gasteiger partial charge in [0.1, 0.15) is 0 Å². The highest BCUT2D eigenvalue weighted by Crippen LogP contribution is 2.30. The standard InChI is InChI=1S/C18H21N3S/c1-20-11-15(16-6-2-3-7-17(16)20)13-21-9-4-5-14(12-21)18-19-8-10-22-18/h2-3,6-8,10-11,14H,4-5,9,12-13H2,1H3. The normalized spacial score (nSPS) is 19.8. The molecule has 0 amide bonds. The van der Waals surface area contributed by atoms with Crippen LogP contribution in [0.5, 0.6) is 0 Å². The first-order chi connectivity index (χ1) is 10.8. The predicted octanol–water partition coefficient (Wildman–Crippen LogP) is 4.01. The maximum Gasteiger partial charge on any atom is 0.0968 e. The van der Waals surface area contributed by atoms with Crippen LogP contribution < -0.4 is 0 Å². The highest BCUT2D eigenvalue weighted by Gasteiger charge is 2.23. The molecule has 1 aliphatic heterocycles. The van der Waals surface area contributed by atoms with Crippen molar-refractivity contribution in [2.75, 3.05) is 13.1 Å². The fourth-order valence-electron chi connectivity index (χ4n) is 3.63. The number of nitrogens with zero attached hydrogens (tertiary/aromatic N) is 3. The smallest absolute Gasteiger partial charge is 0.0968 e. The number of hydrogen-bond acceptors (Lipinski definition) is 3. The second-order valence-electron chi connectivity index (χ2n) is 6.23. The third-order valence-electron chi connectivity index (χ3n) is 4.68. The van der Waals surface area contributed by atoms with Gasteiger partial charge < -0.3 is 4.57 Å². The molecule has 1 aromatic carbocycles. The van der Waals surface area contributed by atoms with Gasteiger partial charge in [0.05, 0.1) is 5.01 Å². The average Bonchev–Trinajstić information content (AvgIpc) is 3.18. The zero-order valence-corrected chi connectivity index (χ0v) is 13.7. The Balaban J connectivity index is 1.55. The summed E-state index contributed by atoms with van der Waals surface area (Å²) in [5.41, 5.74) is 2.77. The van der Waals surface area contributed by atoms with Crippen LogP contribution >= 0.6 is 11.3 Å². The molecule has 1 fully saturated rings. The monoisotopic (exact) mass is 311 g/mol. The topological polar surface area (TPSA) is 21.1 Å². The summed E-state index contributed by atoms with van der Waals surface area (Å²) < 4.78 is 2.24. The van der Waals surface area contributed by atoms with Crippen LogP contribution in [0.15, 0.2) is 42.0 Å². The van der Waals surface area contributed by atoms with E-state index >= 15 is 0 Å². The summed E-state index contributed by atoms with van der Waals surface area (Å²) in [6.45, 7) is 3.38. The van der Waals surface area contributed by atoms with Gasteiger partial charge in [-0.2, -0.15) is 0 Å². The van der Waals surface area contributed by atoms with E-state index in [1.54, 1.807) is 11.3 Å². The SMILES string of the molecule is Cn1cc(CN2CCCC(c3nccs3)C2)c2ccccc21. The summed E-state index contributed by atoms with van der Waals surface area (Å²) in [4.78, 5) is 7.12. The van der Waals surface area contributed by atoms with Crippen LogP contribution in [0, 0.1) is 0 Å². The molecule has 0 aliphatic carbocycles. The highest BCUT2D eigenvalue weighted by molar-refractivity contribution is 7.09. The molecule has 3 aromatic rings. The summed E-state index contributed by atoms with van der Waals surface area (Å²) in [6.07, 6.45) is 6.77. The van der Waals surface area contributed by atoms with Crippen molar-refractivity contribution in [3.05, 3.63) is 52.6 Å². The van der Waals surface area contributed by atoms with E-state index in [0.29, 0.717) is 5.92 Å². The van der Waals surface area contributed by atoms with Gasteiger partial charge in [0, 0.05) is 54.7 Å². The first-order valence-corrected chi connectivity index (χ1v) is 8.84. The van der Waals surface area contributed by atoms with Crippen molar-refractivity contribution in [1.82, 2.24) is 14.5 Å². The molecular weight excluding hydrogens is 290 g/mol. The van der Waals surface area contributed by atoms with Gasteiger partial charge in [-0.05, 0) is 31.0 Å². The number of benzene rings is 1. The molecule has 1 unspecified atom stereocenters. The number of rotatable bonds is 3. The Morgan fingerprint density at radius 1 is 1.32 bits per heavy atom. The lowest BCUT2D eigenvalue weighted by molar-refractivity contribution is 0.200. The summed E-state index contributed by atoms with van der Waals surface area (Å²) in [5, 5.41) is 4.79. The Morgan fingerprint density at radius 2 is 2.23 bits per heavy atom. The van der Waals surface area contributed by atoms with Crippen molar-refractivity contribution in [2.45, 2.75) is 25.3 Å². The van der Waals surface area contributed by atoms with Crippen LogP contribution in [-0.2, 0) is 13.6 Å². The molecule has 4 rings (SSSR count). The lowest BCUT2D eigenvalue weighted by Crippen LogP contribution is -2.33. The van der Waals surface area contributed by atoms with Crippen LogP contribution in [0.3, 0.4) is 0 Å². The van der Waals surface area contributed by atoms with Crippen LogP contribution in [0.4, 0.5) is 0 Å². The van der Waals surface area contributed by atoms with Gasteiger partial charge in [0.2, 0.25) is 0 Å². The number of para-hydroxylation sites is 1. The molecule has 3 heterocycles. The Kier molecular flexibility index (Phi) is 3.72. The molecule has 3 nitrogen and oxygen atoms in total. The molecule has 1 saturated heterocycles. The van der Waals surface area contributed by atoms with Gasteiger partial charge in [-0.1, -0.05) is 18.2 Å². The van der Waals surface area contributed by atoms with E-state index in [9.17, 15) is 0 Å². The van der Waals surface area contributed by atoms with E-state index in [0.717, 1.165) is 13.1 Å². The zero-order valence-electron chi connectivity index (χ0n) is 12.9. The molecule has 0 bridgehead atoms. The van der Waals surface area contributed by atoms with E-state index in [4.69, 9.17) is 0 Å². The van der Waals surface area contributed by atoms with Gasteiger partial charge in [0.25, 0.3) is 0 Å². The van der Waals surface area contributed by atoms with Crippen molar-refractivity contribution < 1.29 is 0 Å². The molecule has 114 valence electrons. The van der Waals surface area contributed by atoms with Crippen molar-refractivity contribution in [3.8, 4) is 0 Å². The molecule has 0 radical (unpaired) electrons. The average molecular weight is 311 g/mol. The minimum Gasteiger partial charge on any atom is -0.350 e. The van der Waals surface area contributed by atoms with Gasteiger partial charge in [-0.3, -0.25) is 4.90 Å². The van der Waals surface area contributed by atoms with Crippen molar-refractivity contribution in [1.29, 1.82) is 0 Å². The third-order valence-corrected chi connectivity index (χ3v) is 5.62. The minimum atomic E-state index is 0.615. The Labute approximate surface area is 135 Å². The number of fused-ring (bicyclic) bond motifs is 1. The second kappa shape index (κ2) is 5.86. The molecule has 22 heavy (non-hydrogen) atoms. The lowest BCUT2D eigenvalue weighted by atomic mass is 9.98. The Hall–Kier alpha value is -1.65. The summed E-state index contributed by atoms with van der Waals surface area (Å²) in [5.74, 6) is 0.615. The third kappa shape index (κ3) is 2.57. The summed E-state index contributed by atoms with van der Waals surface area (Å²) in [6, 6.07) is 8.70. The van der Waals surface area contributed by atoms with Gasteiger partial charge in [-0.25, -0.2) is 4.98 Å². The van der Waals surface area contributed by atoms with Crippen LogP contribution in [-0.4, -0.2) is 27.5 Å². The maximum atomic E-state index is 4.52. The number of aryl methyl sites for hydroxylation is 1. The molecule has 2 aromatic heterocycles. The van der Waals surface area contributed by atoms with Gasteiger partial charge in [0.15, 0.2) is 0 Å². The van der Waals surface area contributed by atoms with Gasteiger partial charge >= 0.3 is 0 Å². The first kappa shape index (κ1) is 14.0. The number of hydrogen-bond donors (Lipinski definition) is 0. The number of likely N-dealkylation sites (tertiary alicyclic amines) is 1. The fourth-order valence-corrected chi connectivity index (χ4v) is 4.40. The molecular formula is C18H21N3S. The van der Waals surface area contributed by atoms with Crippen LogP contribution in [0.2, 0.25) is 0 Å². The van der Waals surface area contributed by atoms with Gasteiger partial charge in [-0.15, -0.1) is 11.3 Å². The molecule has 0 spiro atoms. The van der Waals surface area contributed by atoms with Crippen molar-refractivity contribution >= 4 is 22.2 Å². The number of aromatic nitrogens is 2. The maximum absolute atomic E-state index is 4.52. The minimum absolute atomic E-state index is 0.615. The summed E-state index contributed by atoms with van der Waals surface area (Å²) >= 11 is 1.80. The Morgan fingerprint density at radius 3 is 3.09 bits per heavy atom. The number of thiazole rings is 1.